The van der Waals surface area contributed by atoms with Crippen molar-refractivity contribution in [2.24, 2.45) is 0 Å². The molecule has 0 aliphatic carbocycles. The average molecular weight is 277 g/mol. The highest BCUT2D eigenvalue weighted by molar-refractivity contribution is 5.94. The molecular formula is C14H19N3O3. The molecule has 0 aliphatic rings. The van der Waals surface area contributed by atoms with Crippen LogP contribution in [0.25, 0.3) is 0 Å². The first-order valence-electron chi connectivity index (χ1n) is 6.44. The van der Waals surface area contributed by atoms with Gasteiger partial charge in [-0.05, 0) is 12.1 Å². The highest BCUT2D eigenvalue weighted by atomic mass is 16.2. The van der Waals surface area contributed by atoms with Crippen LogP contribution in [0.5, 0.6) is 0 Å². The fourth-order valence-electron chi connectivity index (χ4n) is 1.51. The summed E-state index contributed by atoms with van der Waals surface area (Å²) in [5.41, 5.74) is 0.568. The zero-order valence-electron chi connectivity index (χ0n) is 11.4. The molecule has 1 rings (SSSR count). The van der Waals surface area contributed by atoms with E-state index in [4.69, 9.17) is 0 Å². The molecular weight excluding hydrogens is 258 g/mol. The van der Waals surface area contributed by atoms with Crippen LogP contribution in [0.3, 0.4) is 0 Å². The smallest absolute Gasteiger partial charge is 0.251 e. The van der Waals surface area contributed by atoms with Crippen molar-refractivity contribution in [3.63, 3.8) is 0 Å². The quantitative estimate of drug-likeness (QED) is 0.616. The number of nitrogens with one attached hydrogen (secondary N) is 3. The Balaban J connectivity index is 2.13. The van der Waals surface area contributed by atoms with E-state index in [2.05, 4.69) is 16.0 Å². The van der Waals surface area contributed by atoms with Crippen LogP contribution in [0.1, 0.15) is 23.7 Å². The molecule has 0 heterocycles. The fraction of sp³-hybridized carbons (Fsp3) is 0.357. The molecule has 6 heteroatoms. The summed E-state index contributed by atoms with van der Waals surface area (Å²) in [5.74, 6) is -0.491. The molecule has 108 valence electrons. The third-order valence-corrected chi connectivity index (χ3v) is 2.49. The molecule has 0 fully saturated rings. The molecule has 0 saturated carbocycles. The minimum absolute atomic E-state index is 0.130. The number of carbonyl (C=O) groups excluding carboxylic acids is 3. The Morgan fingerprint density at radius 3 is 2.20 bits per heavy atom. The van der Waals surface area contributed by atoms with E-state index in [0.29, 0.717) is 18.7 Å². The van der Waals surface area contributed by atoms with E-state index in [1.54, 1.807) is 24.3 Å². The van der Waals surface area contributed by atoms with Crippen LogP contribution >= 0.6 is 0 Å². The van der Waals surface area contributed by atoms with Gasteiger partial charge in [-0.1, -0.05) is 18.2 Å². The largest absolute Gasteiger partial charge is 0.355 e. The Morgan fingerprint density at radius 1 is 0.900 bits per heavy atom. The van der Waals surface area contributed by atoms with Crippen molar-refractivity contribution in [1.29, 1.82) is 0 Å². The van der Waals surface area contributed by atoms with Crippen molar-refractivity contribution in [3.8, 4) is 0 Å². The average Bonchev–Trinajstić information content (AvgIpc) is 2.44. The molecule has 0 aromatic heterocycles. The molecule has 0 atom stereocenters. The van der Waals surface area contributed by atoms with Gasteiger partial charge < -0.3 is 16.0 Å². The summed E-state index contributed by atoms with van der Waals surface area (Å²) in [5, 5.41) is 7.89. The van der Waals surface area contributed by atoms with Gasteiger partial charge in [0.2, 0.25) is 11.8 Å². The first kappa shape index (κ1) is 15.7. The lowest BCUT2D eigenvalue weighted by Crippen LogP contribution is -2.35. The summed E-state index contributed by atoms with van der Waals surface area (Å²) < 4.78 is 0. The third kappa shape index (κ3) is 6.53. The summed E-state index contributed by atoms with van der Waals surface area (Å²) in [6, 6.07) is 8.82. The SMILES string of the molecule is CC(=O)NCCNC(=O)CCNC(=O)c1ccccc1. The fourth-order valence-corrected chi connectivity index (χ4v) is 1.51. The summed E-state index contributed by atoms with van der Waals surface area (Å²) in [6.07, 6.45) is 0.207. The first-order valence-corrected chi connectivity index (χ1v) is 6.44. The molecule has 3 amide bonds. The van der Waals surface area contributed by atoms with Crippen LogP contribution in [0.15, 0.2) is 30.3 Å². The Bertz CT molecular complexity index is 460. The number of rotatable bonds is 7. The van der Waals surface area contributed by atoms with Gasteiger partial charge in [0.15, 0.2) is 0 Å². The van der Waals surface area contributed by atoms with Gasteiger partial charge in [-0.2, -0.15) is 0 Å². The molecule has 0 bridgehead atoms. The lowest BCUT2D eigenvalue weighted by molar-refractivity contribution is -0.122. The summed E-state index contributed by atoms with van der Waals surface area (Å²) in [7, 11) is 0. The lowest BCUT2D eigenvalue weighted by atomic mass is 10.2. The molecule has 20 heavy (non-hydrogen) atoms. The van der Waals surface area contributed by atoms with E-state index in [9.17, 15) is 14.4 Å². The predicted octanol–water partition coefficient (Wildman–Crippen LogP) is 0.0588. The molecule has 0 radical (unpaired) electrons. The number of carbonyl (C=O) groups is 3. The second-order valence-corrected chi connectivity index (χ2v) is 4.20. The van der Waals surface area contributed by atoms with E-state index in [0.717, 1.165) is 0 Å². The number of hydrogen-bond donors (Lipinski definition) is 3. The molecule has 1 aromatic carbocycles. The monoisotopic (exact) mass is 277 g/mol. The van der Waals surface area contributed by atoms with Gasteiger partial charge in [0.1, 0.15) is 0 Å². The van der Waals surface area contributed by atoms with E-state index >= 15 is 0 Å². The maximum absolute atomic E-state index is 11.7. The van der Waals surface area contributed by atoms with Crippen molar-refractivity contribution >= 4 is 17.7 Å². The maximum atomic E-state index is 11.7. The van der Waals surface area contributed by atoms with Gasteiger partial charge in [-0.15, -0.1) is 0 Å². The van der Waals surface area contributed by atoms with Crippen molar-refractivity contribution < 1.29 is 14.4 Å². The van der Waals surface area contributed by atoms with Gasteiger partial charge in [0.25, 0.3) is 5.91 Å². The summed E-state index contributed by atoms with van der Waals surface area (Å²) in [6.45, 7) is 2.48. The Labute approximate surface area is 117 Å². The van der Waals surface area contributed by atoms with Crippen molar-refractivity contribution in [2.75, 3.05) is 19.6 Å². The lowest BCUT2D eigenvalue weighted by Gasteiger charge is -2.07. The second kappa shape index (κ2) is 8.68. The van der Waals surface area contributed by atoms with E-state index < -0.39 is 0 Å². The molecule has 3 N–H and O–H groups in total. The molecule has 0 saturated heterocycles. The van der Waals surface area contributed by atoms with Gasteiger partial charge in [0.05, 0.1) is 0 Å². The van der Waals surface area contributed by atoms with Crippen LogP contribution in [0, 0.1) is 0 Å². The van der Waals surface area contributed by atoms with Crippen molar-refractivity contribution in [2.45, 2.75) is 13.3 Å². The Kier molecular flexibility index (Phi) is 6.81. The van der Waals surface area contributed by atoms with Crippen LogP contribution in [-0.4, -0.2) is 37.4 Å². The number of amides is 3. The Hall–Kier alpha value is -2.37. The molecule has 1 aromatic rings. The van der Waals surface area contributed by atoms with Gasteiger partial charge >= 0.3 is 0 Å². The van der Waals surface area contributed by atoms with Crippen molar-refractivity contribution in [3.05, 3.63) is 35.9 Å². The molecule has 0 unspecified atom stereocenters. The highest BCUT2D eigenvalue weighted by Crippen LogP contribution is 1.97. The van der Waals surface area contributed by atoms with Crippen LogP contribution < -0.4 is 16.0 Å². The topological polar surface area (TPSA) is 87.3 Å². The zero-order chi connectivity index (χ0) is 14.8. The molecule has 0 spiro atoms. The number of benzene rings is 1. The molecule has 6 nitrogen and oxygen atoms in total. The van der Waals surface area contributed by atoms with Gasteiger partial charge in [0, 0.05) is 38.5 Å². The van der Waals surface area contributed by atoms with Crippen LogP contribution in [0.4, 0.5) is 0 Å². The summed E-state index contributed by atoms with van der Waals surface area (Å²) in [4.78, 5) is 33.7. The standard InChI is InChI=1S/C14H19N3O3/c1-11(18)15-9-10-16-13(19)7-8-17-14(20)12-5-3-2-4-6-12/h2-6H,7-10H2,1H3,(H,15,18)(H,16,19)(H,17,20). The first-order chi connectivity index (χ1) is 9.59. The van der Waals surface area contributed by atoms with Gasteiger partial charge in [-0.3, -0.25) is 14.4 Å². The minimum atomic E-state index is -0.198. The normalized spacial score (nSPS) is 9.65. The maximum Gasteiger partial charge on any atom is 0.251 e. The second-order valence-electron chi connectivity index (χ2n) is 4.20. The van der Waals surface area contributed by atoms with Crippen LogP contribution in [0.2, 0.25) is 0 Å². The van der Waals surface area contributed by atoms with E-state index in [1.165, 1.54) is 6.92 Å². The van der Waals surface area contributed by atoms with E-state index in [-0.39, 0.29) is 30.7 Å². The summed E-state index contributed by atoms with van der Waals surface area (Å²) >= 11 is 0. The third-order valence-electron chi connectivity index (χ3n) is 2.49. The van der Waals surface area contributed by atoms with Gasteiger partial charge in [-0.25, -0.2) is 0 Å². The highest BCUT2D eigenvalue weighted by Gasteiger charge is 2.05. The molecule has 0 aliphatic heterocycles. The predicted molar refractivity (Wildman–Crippen MR) is 75.1 cm³/mol. The van der Waals surface area contributed by atoms with E-state index in [1.807, 2.05) is 6.07 Å². The number of hydrogen-bond acceptors (Lipinski definition) is 3. The minimum Gasteiger partial charge on any atom is -0.355 e. The Morgan fingerprint density at radius 2 is 1.55 bits per heavy atom. The van der Waals surface area contributed by atoms with Crippen molar-refractivity contribution in [1.82, 2.24) is 16.0 Å². The zero-order valence-corrected chi connectivity index (χ0v) is 11.4. The van der Waals surface area contributed by atoms with Crippen LogP contribution in [-0.2, 0) is 9.59 Å².